The van der Waals surface area contributed by atoms with Gasteiger partial charge in [-0.1, -0.05) is 36.4 Å². The lowest BCUT2D eigenvalue weighted by molar-refractivity contribution is 0.282. The van der Waals surface area contributed by atoms with Crippen LogP contribution < -0.4 is 5.73 Å². The molecule has 0 saturated carbocycles. The molecule has 0 radical (unpaired) electrons. The number of anilines is 1. The Balaban J connectivity index is 2.46. The molecule has 0 unspecified atom stereocenters. The molecule has 0 atom stereocenters. The van der Waals surface area contributed by atoms with Crippen molar-refractivity contribution < 1.29 is 5.11 Å². The van der Waals surface area contributed by atoms with Crippen LogP contribution in [0.5, 0.6) is 0 Å². The van der Waals surface area contributed by atoms with Crippen molar-refractivity contribution in [3.8, 4) is 11.1 Å². The standard InChI is InChI=1S/C13H13NO/c14-13-7-6-11(8-12(13)9-15)10-4-2-1-3-5-10/h1-8,15H,9,14H2. The van der Waals surface area contributed by atoms with Crippen LogP contribution in [0.1, 0.15) is 5.56 Å². The van der Waals surface area contributed by atoms with Crippen molar-refractivity contribution in [2.45, 2.75) is 6.61 Å². The number of hydrogen-bond donors (Lipinski definition) is 2. The van der Waals surface area contributed by atoms with E-state index < -0.39 is 0 Å². The Bertz CT molecular complexity index is 451. The fourth-order valence-corrected chi connectivity index (χ4v) is 1.55. The molecular formula is C13H13NO. The summed E-state index contributed by atoms with van der Waals surface area (Å²) < 4.78 is 0. The highest BCUT2D eigenvalue weighted by Crippen LogP contribution is 2.23. The molecule has 0 heterocycles. The number of aliphatic hydroxyl groups excluding tert-OH is 1. The van der Waals surface area contributed by atoms with Crippen molar-refractivity contribution >= 4 is 5.69 Å². The zero-order chi connectivity index (χ0) is 10.7. The predicted molar refractivity (Wildman–Crippen MR) is 62.2 cm³/mol. The van der Waals surface area contributed by atoms with Crippen LogP contribution in [0.15, 0.2) is 48.5 Å². The van der Waals surface area contributed by atoms with Gasteiger partial charge in [0.15, 0.2) is 0 Å². The molecule has 2 nitrogen and oxygen atoms in total. The molecule has 0 saturated heterocycles. The van der Waals surface area contributed by atoms with Crippen molar-refractivity contribution in [2.24, 2.45) is 0 Å². The van der Waals surface area contributed by atoms with E-state index in [1.165, 1.54) is 0 Å². The van der Waals surface area contributed by atoms with Crippen LogP contribution in [0.3, 0.4) is 0 Å². The summed E-state index contributed by atoms with van der Waals surface area (Å²) in [6, 6.07) is 15.7. The Morgan fingerprint density at radius 3 is 2.33 bits per heavy atom. The van der Waals surface area contributed by atoms with Crippen LogP contribution in [0.4, 0.5) is 5.69 Å². The Labute approximate surface area is 89.0 Å². The summed E-state index contributed by atoms with van der Waals surface area (Å²) in [4.78, 5) is 0. The highest BCUT2D eigenvalue weighted by atomic mass is 16.3. The second-order valence-electron chi connectivity index (χ2n) is 3.44. The minimum Gasteiger partial charge on any atom is -0.398 e. The SMILES string of the molecule is Nc1ccc(-c2ccccc2)cc1CO. The second-order valence-corrected chi connectivity index (χ2v) is 3.44. The summed E-state index contributed by atoms with van der Waals surface area (Å²) >= 11 is 0. The maximum absolute atomic E-state index is 9.11. The van der Waals surface area contributed by atoms with Gasteiger partial charge in [0, 0.05) is 11.3 Å². The summed E-state index contributed by atoms with van der Waals surface area (Å²) in [6.07, 6.45) is 0. The molecule has 0 amide bonds. The molecule has 0 aromatic heterocycles. The van der Waals surface area contributed by atoms with Gasteiger partial charge in [0.1, 0.15) is 0 Å². The molecule has 2 aromatic rings. The zero-order valence-electron chi connectivity index (χ0n) is 8.35. The molecule has 0 aliphatic heterocycles. The molecule has 0 bridgehead atoms. The molecule has 15 heavy (non-hydrogen) atoms. The predicted octanol–water partition coefficient (Wildman–Crippen LogP) is 2.43. The summed E-state index contributed by atoms with van der Waals surface area (Å²) in [5, 5.41) is 9.11. The van der Waals surface area contributed by atoms with Crippen molar-refractivity contribution in [3.05, 3.63) is 54.1 Å². The summed E-state index contributed by atoms with van der Waals surface area (Å²) in [7, 11) is 0. The average Bonchev–Trinajstić information content (AvgIpc) is 2.31. The highest BCUT2D eigenvalue weighted by Gasteiger charge is 2.01. The Hall–Kier alpha value is -1.80. The highest BCUT2D eigenvalue weighted by molar-refractivity contribution is 5.67. The van der Waals surface area contributed by atoms with Gasteiger partial charge in [-0.3, -0.25) is 0 Å². The smallest absolute Gasteiger partial charge is 0.0702 e. The first-order valence-corrected chi connectivity index (χ1v) is 4.86. The van der Waals surface area contributed by atoms with Gasteiger partial charge in [0.2, 0.25) is 0 Å². The van der Waals surface area contributed by atoms with Crippen LogP contribution >= 0.6 is 0 Å². The molecule has 2 rings (SSSR count). The maximum atomic E-state index is 9.11. The van der Waals surface area contributed by atoms with E-state index in [1.807, 2.05) is 48.5 Å². The van der Waals surface area contributed by atoms with Gasteiger partial charge in [0.05, 0.1) is 6.61 Å². The number of hydrogen-bond acceptors (Lipinski definition) is 2. The van der Waals surface area contributed by atoms with E-state index in [9.17, 15) is 0 Å². The lowest BCUT2D eigenvalue weighted by atomic mass is 10.0. The number of rotatable bonds is 2. The van der Waals surface area contributed by atoms with Crippen molar-refractivity contribution in [1.82, 2.24) is 0 Å². The number of aliphatic hydroxyl groups is 1. The maximum Gasteiger partial charge on any atom is 0.0702 e. The number of nitrogen functional groups attached to an aromatic ring is 1. The van der Waals surface area contributed by atoms with E-state index in [-0.39, 0.29) is 6.61 Å². The van der Waals surface area contributed by atoms with E-state index in [4.69, 9.17) is 10.8 Å². The van der Waals surface area contributed by atoms with Crippen molar-refractivity contribution in [3.63, 3.8) is 0 Å². The fourth-order valence-electron chi connectivity index (χ4n) is 1.55. The van der Waals surface area contributed by atoms with E-state index >= 15 is 0 Å². The molecule has 76 valence electrons. The molecule has 0 aliphatic rings. The average molecular weight is 199 g/mol. The van der Waals surface area contributed by atoms with E-state index in [2.05, 4.69) is 0 Å². The van der Waals surface area contributed by atoms with Gasteiger partial charge in [-0.2, -0.15) is 0 Å². The van der Waals surface area contributed by atoms with Gasteiger partial charge in [0.25, 0.3) is 0 Å². The van der Waals surface area contributed by atoms with Gasteiger partial charge in [-0.25, -0.2) is 0 Å². The molecule has 0 fully saturated rings. The first-order valence-electron chi connectivity index (χ1n) is 4.86. The first-order chi connectivity index (χ1) is 7.31. The lowest BCUT2D eigenvalue weighted by Crippen LogP contribution is -1.94. The van der Waals surface area contributed by atoms with Crippen LogP contribution in [0.25, 0.3) is 11.1 Å². The monoisotopic (exact) mass is 199 g/mol. The summed E-state index contributed by atoms with van der Waals surface area (Å²) in [5.74, 6) is 0. The Kier molecular flexibility index (Phi) is 2.70. The first kappa shape index (κ1) is 9.74. The summed E-state index contributed by atoms with van der Waals surface area (Å²) in [6.45, 7) is -0.0213. The third-order valence-electron chi connectivity index (χ3n) is 2.42. The van der Waals surface area contributed by atoms with Gasteiger partial charge < -0.3 is 10.8 Å². The summed E-state index contributed by atoms with van der Waals surface area (Å²) in [5.41, 5.74) is 9.34. The number of benzene rings is 2. The number of nitrogens with two attached hydrogens (primary N) is 1. The lowest BCUT2D eigenvalue weighted by Gasteiger charge is -2.06. The Morgan fingerprint density at radius 2 is 1.67 bits per heavy atom. The topological polar surface area (TPSA) is 46.2 Å². The van der Waals surface area contributed by atoms with E-state index in [0.717, 1.165) is 16.7 Å². The van der Waals surface area contributed by atoms with Crippen molar-refractivity contribution in [1.29, 1.82) is 0 Å². The van der Waals surface area contributed by atoms with Gasteiger partial charge in [-0.05, 0) is 23.3 Å². The van der Waals surface area contributed by atoms with Crippen LogP contribution in [0.2, 0.25) is 0 Å². The van der Waals surface area contributed by atoms with Crippen molar-refractivity contribution in [2.75, 3.05) is 5.73 Å². The van der Waals surface area contributed by atoms with E-state index in [0.29, 0.717) is 5.69 Å². The normalized spacial score (nSPS) is 10.2. The minimum absolute atomic E-state index is 0.0213. The third-order valence-corrected chi connectivity index (χ3v) is 2.42. The largest absolute Gasteiger partial charge is 0.398 e. The Morgan fingerprint density at radius 1 is 0.933 bits per heavy atom. The molecular weight excluding hydrogens is 186 g/mol. The van der Waals surface area contributed by atoms with Gasteiger partial charge in [-0.15, -0.1) is 0 Å². The molecule has 2 aromatic carbocycles. The third kappa shape index (κ3) is 2.00. The fraction of sp³-hybridized carbons (Fsp3) is 0.0769. The molecule has 2 heteroatoms. The van der Waals surface area contributed by atoms with Crippen LogP contribution in [-0.2, 0) is 6.61 Å². The zero-order valence-corrected chi connectivity index (χ0v) is 8.35. The van der Waals surface area contributed by atoms with Crippen LogP contribution in [0, 0.1) is 0 Å². The molecule has 3 N–H and O–H groups in total. The minimum atomic E-state index is -0.0213. The van der Waals surface area contributed by atoms with Crippen LogP contribution in [-0.4, -0.2) is 5.11 Å². The van der Waals surface area contributed by atoms with Gasteiger partial charge >= 0.3 is 0 Å². The van der Waals surface area contributed by atoms with E-state index in [1.54, 1.807) is 0 Å². The second kappa shape index (κ2) is 4.15. The molecule has 0 spiro atoms. The quantitative estimate of drug-likeness (QED) is 0.730. The molecule has 0 aliphatic carbocycles.